The van der Waals surface area contributed by atoms with Crippen molar-refractivity contribution in [3.63, 3.8) is 0 Å². The number of anilines is 1. The Bertz CT molecular complexity index is 361. The van der Waals surface area contributed by atoms with Gasteiger partial charge in [0.2, 0.25) is 5.91 Å². The van der Waals surface area contributed by atoms with Gasteiger partial charge in [0.15, 0.2) is 0 Å². The van der Waals surface area contributed by atoms with Crippen LogP contribution in [0.2, 0.25) is 0 Å². The van der Waals surface area contributed by atoms with E-state index in [0.29, 0.717) is 0 Å². The molecule has 0 saturated heterocycles. The van der Waals surface area contributed by atoms with E-state index in [4.69, 9.17) is 0 Å². The summed E-state index contributed by atoms with van der Waals surface area (Å²) >= 11 is 0. The molecular weight excluding hydrogens is 200 g/mol. The van der Waals surface area contributed by atoms with Gasteiger partial charge in [0.25, 0.3) is 0 Å². The van der Waals surface area contributed by atoms with Crippen LogP contribution in [0.3, 0.4) is 0 Å². The van der Waals surface area contributed by atoms with Crippen molar-refractivity contribution in [1.29, 1.82) is 0 Å². The van der Waals surface area contributed by atoms with Gasteiger partial charge in [-0.1, -0.05) is 12.1 Å². The maximum atomic E-state index is 11.6. The number of nitrogens with zero attached hydrogens (tertiary/aromatic N) is 2. The van der Waals surface area contributed by atoms with E-state index in [1.54, 1.807) is 6.92 Å². The number of amides is 1. The van der Waals surface area contributed by atoms with E-state index in [1.165, 1.54) is 5.56 Å². The molecule has 0 aliphatic carbocycles. The van der Waals surface area contributed by atoms with Gasteiger partial charge >= 0.3 is 0 Å². The molecule has 0 radical (unpaired) electrons. The predicted octanol–water partition coefficient (Wildman–Crippen LogP) is 1.91. The third-order valence-electron chi connectivity index (χ3n) is 2.46. The first-order valence-electron chi connectivity index (χ1n) is 5.50. The van der Waals surface area contributed by atoms with Crippen molar-refractivity contribution < 1.29 is 4.79 Å². The van der Waals surface area contributed by atoms with Crippen LogP contribution in [-0.2, 0) is 4.79 Å². The molecule has 0 atom stereocenters. The largest absolute Gasteiger partial charge is 0.311 e. The quantitative estimate of drug-likeness (QED) is 0.774. The van der Waals surface area contributed by atoms with Crippen LogP contribution in [0, 0.1) is 6.92 Å². The Morgan fingerprint density at radius 3 is 2.44 bits per heavy atom. The standard InChI is InChI=1S/C13H20N2O/c1-11-6-5-7-13(10-11)15(12(2)16)9-8-14(3)4/h5-7,10H,8-9H2,1-4H3. The molecule has 3 heteroatoms. The highest BCUT2D eigenvalue weighted by atomic mass is 16.2. The third-order valence-corrected chi connectivity index (χ3v) is 2.46. The lowest BCUT2D eigenvalue weighted by Crippen LogP contribution is -2.35. The van der Waals surface area contributed by atoms with E-state index in [9.17, 15) is 4.79 Å². The number of hydrogen-bond acceptors (Lipinski definition) is 2. The molecule has 0 saturated carbocycles. The van der Waals surface area contributed by atoms with Crippen molar-refractivity contribution in [3.8, 4) is 0 Å². The molecule has 0 aliphatic heterocycles. The molecule has 1 rings (SSSR count). The summed E-state index contributed by atoms with van der Waals surface area (Å²) in [5.41, 5.74) is 2.16. The Balaban J connectivity index is 2.81. The average molecular weight is 220 g/mol. The monoisotopic (exact) mass is 220 g/mol. The topological polar surface area (TPSA) is 23.6 Å². The van der Waals surface area contributed by atoms with Crippen LogP contribution < -0.4 is 4.90 Å². The van der Waals surface area contributed by atoms with Crippen LogP contribution in [0.1, 0.15) is 12.5 Å². The third kappa shape index (κ3) is 3.66. The lowest BCUT2D eigenvalue weighted by Gasteiger charge is -2.23. The van der Waals surface area contributed by atoms with Crippen molar-refractivity contribution >= 4 is 11.6 Å². The fourth-order valence-electron chi connectivity index (χ4n) is 1.56. The number of rotatable bonds is 4. The van der Waals surface area contributed by atoms with Crippen LogP contribution in [0.25, 0.3) is 0 Å². The van der Waals surface area contributed by atoms with Crippen molar-refractivity contribution in [1.82, 2.24) is 4.90 Å². The second-order valence-electron chi connectivity index (χ2n) is 4.31. The van der Waals surface area contributed by atoms with Crippen molar-refractivity contribution in [2.24, 2.45) is 0 Å². The summed E-state index contributed by atoms with van der Waals surface area (Å²) in [6.45, 7) is 5.24. The van der Waals surface area contributed by atoms with E-state index < -0.39 is 0 Å². The molecule has 1 aromatic rings. The van der Waals surface area contributed by atoms with Crippen LogP contribution >= 0.6 is 0 Å². The second-order valence-corrected chi connectivity index (χ2v) is 4.31. The Labute approximate surface area is 97.7 Å². The van der Waals surface area contributed by atoms with Crippen molar-refractivity contribution in [2.75, 3.05) is 32.1 Å². The van der Waals surface area contributed by atoms with Gasteiger partial charge in [-0.25, -0.2) is 0 Å². The normalized spacial score (nSPS) is 10.6. The molecular formula is C13H20N2O. The van der Waals surface area contributed by atoms with Crippen LogP contribution in [0.4, 0.5) is 5.69 Å². The molecule has 0 aromatic heterocycles. The molecule has 0 bridgehead atoms. The number of hydrogen-bond donors (Lipinski definition) is 0. The number of aryl methyl sites for hydroxylation is 1. The zero-order chi connectivity index (χ0) is 12.1. The van der Waals surface area contributed by atoms with Crippen LogP contribution in [0.15, 0.2) is 24.3 Å². The average Bonchev–Trinajstić information content (AvgIpc) is 2.17. The minimum atomic E-state index is 0.0902. The molecule has 0 N–H and O–H groups in total. The first-order chi connectivity index (χ1) is 7.50. The Morgan fingerprint density at radius 1 is 1.25 bits per heavy atom. The first-order valence-corrected chi connectivity index (χ1v) is 5.50. The van der Waals surface area contributed by atoms with E-state index in [0.717, 1.165) is 18.8 Å². The lowest BCUT2D eigenvalue weighted by molar-refractivity contribution is -0.116. The van der Waals surface area contributed by atoms with Gasteiger partial charge in [0, 0.05) is 25.7 Å². The first kappa shape index (κ1) is 12.7. The maximum Gasteiger partial charge on any atom is 0.223 e. The van der Waals surface area contributed by atoms with Gasteiger partial charge in [-0.2, -0.15) is 0 Å². The Hall–Kier alpha value is -1.35. The summed E-state index contributed by atoms with van der Waals surface area (Å²) in [7, 11) is 4.02. The maximum absolute atomic E-state index is 11.6. The zero-order valence-corrected chi connectivity index (χ0v) is 10.5. The fourth-order valence-corrected chi connectivity index (χ4v) is 1.56. The molecule has 0 spiro atoms. The summed E-state index contributed by atoms with van der Waals surface area (Å²) < 4.78 is 0. The van der Waals surface area contributed by atoms with E-state index in [-0.39, 0.29) is 5.91 Å². The molecule has 16 heavy (non-hydrogen) atoms. The molecule has 0 unspecified atom stereocenters. The van der Waals surface area contributed by atoms with Gasteiger partial charge in [0.1, 0.15) is 0 Å². The molecule has 0 heterocycles. The minimum absolute atomic E-state index is 0.0902. The van der Waals surface area contributed by atoms with Crippen molar-refractivity contribution in [2.45, 2.75) is 13.8 Å². The lowest BCUT2D eigenvalue weighted by atomic mass is 10.2. The van der Waals surface area contributed by atoms with Gasteiger partial charge in [-0.15, -0.1) is 0 Å². The minimum Gasteiger partial charge on any atom is -0.311 e. The summed E-state index contributed by atoms with van der Waals surface area (Å²) in [4.78, 5) is 15.5. The zero-order valence-electron chi connectivity index (χ0n) is 10.5. The molecule has 1 aromatic carbocycles. The highest BCUT2D eigenvalue weighted by molar-refractivity contribution is 5.91. The fraction of sp³-hybridized carbons (Fsp3) is 0.462. The van der Waals surface area contributed by atoms with E-state index in [1.807, 2.05) is 50.2 Å². The van der Waals surface area contributed by atoms with Crippen LogP contribution in [-0.4, -0.2) is 38.0 Å². The predicted molar refractivity (Wildman–Crippen MR) is 67.8 cm³/mol. The smallest absolute Gasteiger partial charge is 0.223 e. The summed E-state index contributed by atoms with van der Waals surface area (Å²) in [5, 5.41) is 0. The van der Waals surface area contributed by atoms with Gasteiger partial charge in [0.05, 0.1) is 0 Å². The van der Waals surface area contributed by atoms with Gasteiger partial charge in [-0.3, -0.25) is 4.79 Å². The second kappa shape index (κ2) is 5.66. The van der Waals surface area contributed by atoms with Crippen LogP contribution in [0.5, 0.6) is 0 Å². The molecule has 0 fully saturated rings. The Kier molecular flexibility index (Phi) is 4.50. The van der Waals surface area contributed by atoms with Crippen molar-refractivity contribution in [3.05, 3.63) is 29.8 Å². The number of carbonyl (C=O) groups excluding carboxylic acids is 1. The number of benzene rings is 1. The highest BCUT2D eigenvalue weighted by Gasteiger charge is 2.11. The molecule has 3 nitrogen and oxygen atoms in total. The number of likely N-dealkylation sites (N-methyl/N-ethyl adjacent to an activating group) is 1. The summed E-state index contributed by atoms with van der Waals surface area (Å²) in [5.74, 6) is 0.0902. The number of carbonyl (C=O) groups is 1. The van der Waals surface area contributed by atoms with E-state index >= 15 is 0 Å². The summed E-state index contributed by atoms with van der Waals surface area (Å²) in [6.07, 6.45) is 0. The summed E-state index contributed by atoms with van der Waals surface area (Å²) in [6, 6.07) is 8.03. The molecule has 0 aliphatic rings. The van der Waals surface area contributed by atoms with Gasteiger partial charge < -0.3 is 9.80 Å². The van der Waals surface area contributed by atoms with Gasteiger partial charge in [-0.05, 0) is 38.7 Å². The highest BCUT2D eigenvalue weighted by Crippen LogP contribution is 2.15. The SMILES string of the molecule is CC(=O)N(CCN(C)C)c1cccc(C)c1. The molecule has 88 valence electrons. The molecule has 1 amide bonds. The van der Waals surface area contributed by atoms with E-state index in [2.05, 4.69) is 4.90 Å². The Morgan fingerprint density at radius 2 is 1.94 bits per heavy atom.